The number of hydrogen-bond acceptors (Lipinski definition) is 4. The average Bonchev–Trinajstić information content (AvgIpc) is 2.82. The highest BCUT2D eigenvalue weighted by molar-refractivity contribution is 8.00. The van der Waals surface area contributed by atoms with E-state index in [1.54, 1.807) is 7.11 Å². The third-order valence-corrected chi connectivity index (χ3v) is 5.22. The summed E-state index contributed by atoms with van der Waals surface area (Å²) >= 11 is 8.21. The predicted molar refractivity (Wildman–Crippen MR) is 84.7 cm³/mol. The average molecular weight is 316 g/mol. The number of benzene rings is 1. The maximum atomic E-state index is 6.35. The minimum Gasteiger partial charge on any atom is -0.383 e. The molecule has 0 aromatic heterocycles. The van der Waals surface area contributed by atoms with E-state index in [2.05, 4.69) is 30.4 Å². The van der Waals surface area contributed by atoms with Gasteiger partial charge in [-0.1, -0.05) is 17.7 Å². The van der Waals surface area contributed by atoms with Crippen LogP contribution in [0.5, 0.6) is 0 Å². The molecule has 1 saturated heterocycles. The van der Waals surface area contributed by atoms with Gasteiger partial charge in [-0.2, -0.15) is 0 Å². The zero-order valence-electron chi connectivity index (χ0n) is 12.0. The number of hydrogen-bond donors (Lipinski definition) is 1. The lowest BCUT2D eigenvalue weighted by Crippen LogP contribution is -2.18. The van der Waals surface area contributed by atoms with E-state index in [9.17, 15) is 0 Å². The van der Waals surface area contributed by atoms with Crippen molar-refractivity contribution in [3.63, 3.8) is 0 Å². The molecule has 5 heteroatoms. The van der Waals surface area contributed by atoms with Crippen molar-refractivity contribution in [2.75, 3.05) is 26.9 Å². The zero-order valence-corrected chi connectivity index (χ0v) is 13.6. The van der Waals surface area contributed by atoms with E-state index in [1.807, 2.05) is 11.8 Å². The first-order chi connectivity index (χ1) is 9.70. The van der Waals surface area contributed by atoms with Crippen LogP contribution in [0.2, 0.25) is 5.02 Å². The van der Waals surface area contributed by atoms with Gasteiger partial charge in [0, 0.05) is 42.0 Å². The van der Waals surface area contributed by atoms with Crippen molar-refractivity contribution >= 4 is 23.4 Å². The quantitative estimate of drug-likeness (QED) is 0.782. The standard InChI is InChI=1S/C15H22ClNO2S/c1-11-15(5-7-19-11)20-13-4-3-12(14(16)9-13)10-17-6-8-18-2/h3-4,9,11,15,17H,5-8,10H2,1-2H3. The summed E-state index contributed by atoms with van der Waals surface area (Å²) in [5, 5.41) is 4.67. The van der Waals surface area contributed by atoms with Gasteiger partial charge < -0.3 is 14.8 Å². The van der Waals surface area contributed by atoms with E-state index < -0.39 is 0 Å². The number of nitrogens with one attached hydrogen (secondary N) is 1. The smallest absolute Gasteiger partial charge is 0.0669 e. The highest BCUT2D eigenvalue weighted by Crippen LogP contribution is 2.34. The Kier molecular flexibility index (Phi) is 6.65. The minimum atomic E-state index is 0.328. The molecule has 0 amide bonds. The molecule has 112 valence electrons. The molecule has 0 aliphatic carbocycles. The molecule has 1 fully saturated rings. The first-order valence-electron chi connectivity index (χ1n) is 6.97. The van der Waals surface area contributed by atoms with Gasteiger partial charge in [0.2, 0.25) is 0 Å². The predicted octanol–water partition coefficient (Wildman–Crippen LogP) is 3.35. The molecular formula is C15H22ClNO2S. The zero-order chi connectivity index (χ0) is 14.4. The van der Waals surface area contributed by atoms with E-state index in [1.165, 1.54) is 4.90 Å². The Morgan fingerprint density at radius 2 is 2.35 bits per heavy atom. The minimum absolute atomic E-state index is 0.328. The van der Waals surface area contributed by atoms with Crippen LogP contribution in [0.4, 0.5) is 0 Å². The second-order valence-electron chi connectivity index (χ2n) is 4.94. The Bertz CT molecular complexity index is 430. The monoisotopic (exact) mass is 315 g/mol. The lowest BCUT2D eigenvalue weighted by atomic mass is 10.2. The van der Waals surface area contributed by atoms with E-state index >= 15 is 0 Å². The van der Waals surface area contributed by atoms with Crippen molar-refractivity contribution in [2.24, 2.45) is 0 Å². The molecule has 2 atom stereocenters. The molecule has 0 saturated carbocycles. The third kappa shape index (κ3) is 4.64. The first-order valence-corrected chi connectivity index (χ1v) is 8.23. The molecule has 1 aliphatic heterocycles. The summed E-state index contributed by atoms with van der Waals surface area (Å²) in [4.78, 5) is 1.22. The fourth-order valence-corrected chi connectivity index (χ4v) is 3.66. The topological polar surface area (TPSA) is 30.5 Å². The Balaban J connectivity index is 1.88. The van der Waals surface area contributed by atoms with E-state index in [-0.39, 0.29) is 0 Å². The number of rotatable bonds is 7. The molecule has 0 spiro atoms. The van der Waals surface area contributed by atoms with Crippen LogP contribution in [0.25, 0.3) is 0 Å². The summed E-state index contributed by atoms with van der Waals surface area (Å²) in [7, 11) is 1.70. The molecular weight excluding hydrogens is 294 g/mol. The summed E-state index contributed by atoms with van der Waals surface area (Å²) in [5.41, 5.74) is 1.13. The highest BCUT2D eigenvalue weighted by Gasteiger charge is 2.25. The Hall–Kier alpha value is -0.260. The first kappa shape index (κ1) is 16.1. The molecule has 2 unspecified atom stereocenters. The van der Waals surface area contributed by atoms with Crippen molar-refractivity contribution in [3.05, 3.63) is 28.8 Å². The molecule has 2 rings (SSSR count). The van der Waals surface area contributed by atoms with Gasteiger partial charge in [0.05, 0.1) is 12.7 Å². The molecule has 1 aromatic carbocycles. The van der Waals surface area contributed by atoms with Gasteiger partial charge in [0.25, 0.3) is 0 Å². The molecule has 1 N–H and O–H groups in total. The third-order valence-electron chi connectivity index (χ3n) is 3.42. The fourth-order valence-electron chi connectivity index (χ4n) is 2.18. The number of halogens is 1. The molecule has 3 nitrogen and oxygen atoms in total. The number of methoxy groups -OCH3 is 1. The van der Waals surface area contributed by atoms with Crippen molar-refractivity contribution < 1.29 is 9.47 Å². The molecule has 20 heavy (non-hydrogen) atoms. The summed E-state index contributed by atoms with van der Waals surface area (Å²) in [6, 6.07) is 6.31. The second-order valence-corrected chi connectivity index (χ2v) is 6.66. The van der Waals surface area contributed by atoms with Crippen molar-refractivity contribution in [1.82, 2.24) is 5.32 Å². The molecule has 1 heterocycles. The maximum Gasteiger partial charge on any atom is 0.0669 e. The second kappa shape index (κ2) is 8.25. The molecule has 0 radical (unpaired) electrons. The van der Waals surface area contributed by atoms with Crippen LogP contribution in [0.15, 0.2) is 23.1 Å². The molecule has 1 aliphatic rings. The van der Waals surface area contributed by atoms with Gasteiger partial charge in [0.1, 0.15) is 0 Å². The van der Waals surface area contributed by atoms with Gasteiger partial charge in [-0.25, -0.2) is 0 Å². The number of ether oxygens (including phenoxy) is 2. The fraction of sp³-hybridized carbons (Fsp3) is 0.600. The highest BCUT2D eigenvalue weighted by atomic mass is 35.5. The Morgan fingerprint density at radius 1 is 1.50 bits per heavy atom. The van der Waals surface area contributed by atoms with Crippen LogP contribution < -0.4 is 5.32 Å². The van der Waals surface area contributed by atoms with Gasteiger partial charge in [-0.3, -0.25) is 0 Å². The van der Waals surface area contributed by atoms with Crippen LogP contribution in [-0.2, 0) is 16.0 Å². The maximum absolute atomic E-state index is 6.35. The van der Waals surface area contributed by atoms with E-state index in [0.717, 1.165) is 36.7 Å². The van der Waals surface area contributed by atoms with Gasteiger partial charge in [-0.15, -0.1) is 11.8 Å². The summed E-state index contributed by atoms with van der Waals surface area (Å²) in [5.74, 6) is 0. The molecule has 0 bridgehead atoms. The van der Waals surface area contributed by atoms with E-state index in [4.69, 9.17) is 21.1 Å². The van der Waals surface area contributed by atoms with E-state index in [0.29, 0.717) is 18.0 Å². The largest absolute Gasteiger partial charge is 0.383 e. The number of thioether (sulfide) groups is 1. The SMILES string of the molecule is COCCNCc1ccc(SC2CCOC2C)cc1Cl. The van der Waals surface area contributed by atoms with Crippen LogP contribution in [-0.4, -0.2) is 38.2 Å². The lowest BCUT2D eigenvalue weighted by molar-refractivity contribution is 0.127. The summed E-state index contributed by atoms with van der Waals surface area (Å²) in [6.45, 7) is 5.33. The summed E-state index contributed by atoms with van der Waals surface area (Å²) in [6.07, 6.45) is 1.44. The Morgan fingerprint density at radius 3 is 3.00 bits per heavy atom. The van der Waals surface area contributed by atoms with Crippen LogP contribution >= 0.6 is 23.4 Å². The van der Waals surface area contributed by atoms with Crippen molar-refractivity contribution in [2.45, 2.75) is 36.1 Å². The summed E-state index contributed by atoms with van der Waals surface area (Å²) < 4.78 is 10.6. The van der Waals surface area contributed by atoms with Crippen LogP contribution in [0, 0.1) is 0 Å². The van der Waals surface area contributed by atoms with Crippen LogP contribution in [0.1, 0.15) is 18.9 Å². The normalized spacial score (nSPS) is 22.4. The van der Waals surface area contributed by atoms with Crippen LogP contribution in [0.3, 0.4) is 0 Å². The van der Waals surface area contributed by atoms with Gasteiger partial charge in [-0.05, 0) is 31.0 Å². The Labute approximate surface area is 130 Å². The lowest BCUT2D eigenvalue weighted by Gasteiger charge is -2.14. The van der Waals surface area contributed by atoms with Gasteiger partial charge >= 0.3 is 0 Å². The van der Waals surface area contributed by atoms with Crippen molar-refractivity contribution in [1.29, 1.82) is 0 Å². The molecule has 1 aromatic rings. The van der Waals surface area contributed by atoms with Gasteiger partial charge in [0.15, 0.2) is 0 Å². The van der Waals surface area contributed by atoms with Crippen molar-refractivity contribution in [3.8, 4) is 0 Å².